The number of ketones is 1. The Balaban J connectivity index is 2.79. The van der Waals surface area contributed by atoms with Crippen LogP contribution in [-0.4, -0.2) is 16.6 Å². The molecule has 0 amide bonds. The normalized spacial score (nSPS) is 21.2. The molecule has 0 aromatic heterocycles. The van der Waals surface area contributed by atoms with E-state index in [1.54, 1.807) is 0 Å². The minimum atomic E-state index is -0.0603. The first-order valence-corrected chi connectivity index (χ1v) is 5.20. The summed E-state index contributed by atoms with van der Waals surface area (Å²) in [5, 5.41) is 17.3. The molecule has 3 heteroatoms. The highest BCUT2D eigenvalue weighted by Gasteiger charge is 2.23. The SMILES string of the molecule is CCCCC(O)=C1C(=N)CCCC1=O. The van der Waals surface area contributed by atoms with Gasteiger partial charge >= 0.3 is 0 Å². The second kappa shape index (κ2) is 4.94. The van der Waals surface area contributed by atoms with Gasteiger partial charge in [0.15, 0.2) is 5.78 Å². The summed E-state index contributed by atoms with van der Waals surface area (Å²) in [5.74, 6) is 0.0661. The van der Waals surface area contributed by atoms with E-state index in [0.717, 1.165) is 19.3 Å². The van der Waals surface area contributed by atoms with Crippen molar-refractivity contribution in [2.45, 2.75) is 45.4 Å². The number of nitrogens with one attached hydrogen (secondary N) is 1. The van der Waals surface area contributed by atoms with Gasteiger partial charge in [-0.3, -0.25) is 4.79 Å². The number of hydrogen-bond acceptors (Lipinski definition) is 3. The van der Waals surface area contributed by atoms with E-state index in [9.17, 15) is 9.90 Å². The van der Waals surface area contributed by atoms with Crippen molar-refractivity contribution in [2.24, 2.45) is 0 Å². The zero-order valence-corrected chi connectivity index (χ0v) is 8.60. The van der Waals surface area contributed by atoms with Gasteiger partial charge in [0.05, 0.1) is 5.57 Å². The molecule has 1 rings (SSSR count). The number of aliphatic hydroxyl groups excluding tert-OH is 1. The minimum absolute atomic E-state index is 0.0603. The summed E-state index contributed by atoms with van der Waals surface area (Å²) < 4.78 is 0. The quantitative estimate of drug-likeness (QED) is 0.537. The molecule has 0 saturated heterocycles. The van der Waals surface area contributed by atoms with Crippen molar-refractivity contribution < 1.29 is 9.90 Å². The Kier molecular flexibility index (Phi) is 3.86. The second-order valence-electron chi connectivity index (χ2n) is 3.68. The Morgan fingerprint density at radius 1 is 1.50 bits per heavy atom. The maximum absolute atomic E-state index is 11.5. The summed E-state index contributed by atoms with van der Waals surface area (Å²) >= 11 is 0. The molecule has 0 aromatic rings. The maximum atomic E-state index is 11.5. The predicted octanol–water partition coefficient (Wildman–Crippen LogP) is 2.76. The molecule has 78 valence electrons. The number of aliphatic hydroxyl groups is 1. The molecular weight excluding hydrogens is 178 g/mol. The Bertz CT molecular complexity index is 261. The van der Waals surface area contributed by atoms with Gasteiger partial charge < -0.3 is 10.5 Å². The largest absolute Gasteiger partial charge is 0.511 e. The van der Waals surface area contributed by atoms with Crippen LogP contribution in [0.25, 0.3) is 0 Å². The Hall–Kier alpha value is -1.12. The zero-order valence-electron chi connectivity index (χ0n) is 8.60. The minimum Gasteiger partial charge on any atom is -0.511 e. The number of Topliss-reactive ketones (excluding diaryl/α,β-unsaturated/α-hetero) is 1. The third kappa shape index (κ3) is 2.44. The van der Waals surface area contributed by atoms with Crippen LogP contribution in [0, 0.1) is 5.41 Å². The first-order valence-electron chi connectivity index (χ1n) is 5.20. The van der Waals surface area contributed by atoms with Gasteiger partial charge in [-0.15, -0.1) is 0 Å². The van der Waals surface area contributed by atoms with Crippen LogP contribution in [0.1, 0.15) is 45.4 Å². The number of unbranched alkanes of at least 4 members (excludes halogenated alkanes) is 1. The summed E-state index contributed by atoms with van der Waals surface area (Å²) in [6.45, 7) is 2.03. The lowest BCUT2D eigenvalue weighted by Crippen LogP contribution is -2.20. The fraction of sp³-hybridized carbons (Fsp3) is 0.636. The first-order chi connectivity index (χ1) is 6.66. The van der Waals surface area contributed by atoms with Gasteiger partial charge in [-0.25, -0.2) is 0 Å². The van der Waals surface area contributed by atoms with E-state index >= 15 is 0 Å². The van der Waals surface area contributed by atoms with Crippen LogP contribution in [0.4, 0.5) is 0 Å². The fourth-order valence-corrected chi connectivity index (χ4v) is 1.65. The first kappa shape index (κ1) is 11.0. The van der Waals surface area contributed by atoms with E-state index in [4.69, 9.17) is 5.41 Å². The molecule has 0 spiro atoms. The molecule has 0 bridgehead atoms. The summed E-state index contributed by atoms with van der Waals surface area (Å²) in [6, 6.07) is 0. The van der Waals surface area contributed by atoms with E-state index < -0.39 is 0 Å². The van der Waals surface area contributed by atoms with Crippen molar-refractivity contribution in [3.8, 4) is 0 Å². The van der Waals surface area contributed by atoms with E-state index in [1.807, 2.05) is 6.92 Å². The van der Waals surface area contributed by atoms with Gasteiger partial charge in [-0.2, -0.15) is 0 Å². The van der Waals surface area contributed by atoms with Crippen LogP contribution < -0.4 is 0 Å². The van der Waals surface area contributed by atoms with Crippen molar-refractivity contribution in [1.29, 1.82) is 5.41 Å². The number of carbonyl (C=O) groups is 1. The molecule has 0 atom stereocenters. The van der Waals surface area contributed by atoms with E-state index in [2.05, 4.69) is 0 Å². The summed E-state index contributed by atoms with van der Waals surface area (Å²) in [6.07, 6.45) is 4.24. The highest BCUT2D eigenvalue weighted by atomic mass is 16.3. The third-order valence-electron chi connectivity index (χ3n) is 2.47. The van der Waals surface area contributed by atoms with Crippen molar-refractivity contribution in [2.75, 3.05) is 0 Å². The topological polar surface area (TPSA) is 61.1 Å². The van der Waals surface area contributed by atoms with Crippen LogP contribution in [0.5, 0.6) is 0 Å². The molecule has 14 heavy (non-hydrogen) atoms. The third-order valence-corrected chi connectivity index (χ3v) is 2.47. The number of rotatable bonds is 3. The Morgan fingerprint density at radius 3 is 2.79 bits per heavy atom. The van der Waals surface area contributed by atoms with Gasteiger partial charge in [0, 0.05) is 18.6 Å². The molecule has 0 aliphatic heterocycles. The number of carbonyl (C=O) groups excluding carboxylic acids is 1. The lowest BCUT2D eigenvalue weighted by Gasteiger charge is -2.15. The molecule has 0 aromatic carbocycles. The fourth-order valence-electron chi connectivity index (χ4n) is 1.65. The van der Waals surface area contributed by atoms with Crippen molar-refractivity contribution in [3.63, 3.8) is 0 Å². The molecule has 0 unspecified atom stereocenters. The molecule has 1 fully saturated rings. The van der Waals surface area contributed by atoms with E-state index in [1.165, 1.54) is 0 Å². The van der Waals surface area contributed by atoms with Crippen LogP contribution in [0.3, 0.4) is 0 Å². The Labute approximate surface area is 84.3 Å². The maximum Gasteiger partial charge on any atom is 0.168 e. The molecule has 3 nitrogen and oxygen atoms in total. The van der Waals surface area contributed by atoms with Crippen molar-refractivity contribution in [1.82, 2.24) is 0 Å². The molecule has 1 aliphatic carbocycles. The molecule has 0 heterocycles. The number of hydrogen-bond donors (Lipinski definition) is 2. The van der Waals surface area contributed by atoms with Crippen molar-refractivity contribution in [3.05, 3.63) is 11.3 Å². The molecular formula is C11H17NO2. The molecule has 1 saturated carbocycles. The number of allylic oxidation sites excluding steroid dienone is 2. The highest BCUT2D eigenvalue weighted by molar-refractivity contribution is 6.23. The lowest BCUT2D eigenvalue weighted by molar-refractivity contribution is -0.115. The molecule has 1 aliphatic rings. The summed E-state index contributed by atoms with van der Waals surface area (Å²) in [4.78, 5) is 11.5. The van der Waals surface area contributed by atoms with Crippen LogP contribution in [0.2, 0.25) is 0 Å². The highest BCUT2D eigenvalue weighted by Crippen LogP contribution is 2.21. The van der Waals surface area contributed by atoms with Gasteiger partial charge in [-0.1, -0.05) is 13.3 Å². The van der Waals surface area contributed by atoms with Crippen LogP contribution in [-0.2, 0) is 4.79 Å². The zero-order chi connectivity index (χ0) is 10.6. The Morgan fingerprint density at radius 2 is 2.21 bits per heavy atom. The average Bonchev–Trinajstić information content (AvgIpc) is 2.14. The summed E-state index contributed by atoms with van der Waals surface area (Å²) in [5.41, 5.74) is 0.611. The smallest absolute Gasteiger partial charge is 0.168 e. The van der Waals surface area contributed by atoms with Crippen LogP contribution in [0.15, 0.2) is 11.3 Å². The predicted molar refractivity (Wildman–Crippen MR) is 55.8 cm³/mol. The standard InChI is InChI=1S/C11H17NO2/c1-2-3-6-9(13)11-8(12)5-4-7-10(11)14/h12-13H,2-7H2,1H3. The monoisotopic (exact) mass is 195 g/mol. The summed E-state index contributed by atoms with van der Waals surface area (Å²) in [7, 11) is 0. The van der Waals surface area contributed by atoms with Gasteiger partial charge in [0.2, 0.25) is 0 Å². The van der Waals surface area contributed by atoms with E-state index in [-0.39, 0.29) is 11.5 Å². The van der Waals surface area contributed by atoms with Crippen LogP contribution >= 0.6 is 0 Å². The van der Waals surface area contributed by atoms with Crippen molar-refractivity contribution >= 4 is 11.5 Å². The van der Waals surface area contributed by atoms with E-state index in [0.29, 0.717) is 30.5 Å². The average molecular weight is 195 g/mol. The van der Waals surface area contributed by atoms with Gasteiger partial charge in [0.1, 0.15) is 5.76 Å². The van der Waals surface area contributed by atoms with Gasteiger partial charge in [0.25, 0.3) is 0 Å². The lowest BCUT2D eigenvalue weighted by atomic mass is 9.90. The van der Waals surface area contributed by atoms with Gasteiger partial charge in [-0.05, 0) is 19.3 Å². The molecule has 2 N–H and O–H groups in total. The molecule has 0 radical (unpaired) electrons. The second-order valence-corrected chi connectivity index (χ2v) is 3.68.